The number of Topliss-reactive ketones (excluding diaryl/α,β-unsaturated/α-hetero) is 1. The summed E-state index contributed by atoms with van der Waals surface area (Å²) in [6.07, 6.45) is 11.8. The van der Waals surface area contributed by atoms with Crippen LogP contribution in [0.3, 0.4) is 0 Å². The summed E-state index contributed by atoms with van der Waals surface area (Å²) in [6, 6.07) is 0.257. The Morgan fingerprint density at radius 2 is 1.67 bits per heavy atom. The number of hydrogen-bond acceptors (Lipinski definition) is 3. The van der Waals surface area contributed by atoms with Crippen LogP contribution in [0.2, 0.25) is 0 Å². The van der Waals surface area contributed by atoms with E-state index in [4.69, 9.17) is 4.74 Å². The fraction of sp³-hybridized carbons (Fsp3) is 0.900. The van der Waals surface area contributed by atoms with Crippen LogP contribution in [-0.4, -0.2) is 30.4 Å². The topological polar surface area (TPSA) is 55.4 Å². The zero-order valence-corrected chi connectivity index (χ0v) is 15.5. The molecule has 0 radical (unpaired) electrons. The summed E-state index contributed by atoms with van der Waals surface area (Å²) in [4.78, 5) is 24.1. The maximum Gasteiger partial charge on any atom is 0.220 e. The quantitative estimate of drug-likeness (QED) is 0.681. The van der Waals surface area contributed by atoms with Gasteiger partial charge >= 0.3 is 0 Å². The van der Waals surface area contributed by atoms with E-state index in [0.29, 0.717) is 24.9 Å². The second kappa shape index (κ2) is 10.2. The smallest absolute Gasteiger partial charge is 0.220 e. The van der Waals surface area contributed by atoms with Crippen molar-refractivity contribution >= 4 is 11.7 Å². The highest BCUT2D eigenvalue weighted by atomic mass is 16.5. The summed E-state index contributed by atoms with van der Waals surface area (Å²) in [5.41, 5.74) is 0. The maximum absolute atomic E-state index is 12.1. The van der Waals surface area contributed by atoms with Crippen molar-refractivity contribution in [1.29, 1.82) is 0 Å². The van der Waals surface area contributed by atoms with Crippen LogP contribution >= 0.6 is 0 Å². The number of nitrogens with one attached hydrogen (secondary N) is 1. The van der Waals surface area contributed by atoms with Gasteiger partial charge in [-0.2, -0.15) is 0 Å². The summed E-state index contributed by atoms with van der Waals surface area (Å²) >= 11 is 0. The lowest BCUT2D eigenvalue weighted by Gasteiger charge is -2.29. The number of carbonyl (C=O) groups excluding carboxylic acids is 2. The van der Waals surface area contributed by atoms with Crippen molar-refractivity contribution in [2.24, 2.45) is 11.8 Å². The monoisotopic (exact) mass is 337 g/mol. The zero-order chi connectivity index (χ0) is 17.4. The fourth-order valence-corrected chi connectivity index (χ4v) is 4.01. The van der Waals surface area contributed by atoms with Gasteiger partial charge in [0.15, 0.2) is 0 Å². The predicted octanol–water partition coefficient (Wildman–Crippen LogP) is 4.02. The van der Waals surface area contributed by atoms with Gasteiger partial charge in [-0.15, -0.1) is 0 Å². The molecule has 1 amide bonds. The summed E-state index contributed by atoms with van der Waals surface area (Å²) < 4.78 is 5.87. The number of carbonyl (C=O) groups is 2. The van der Waals surface area contributed by atoms with Crippen molar-refractivity contribution in [1.82, 2.24) is 5.32 Å². The van der Waals surface area contributed by atoms with Gasteiger partial charge in [-0.05, 0) is 44.9 Å². The molecule has 2 fully saturated rings. The van der Waals surface area contributed by atoms with E-state index in [1.165, 1.54) is 32.1 Å². The van der Waals surface area contributed by atoms with Crippen LogP contribution in [0.15, 0.2) is 0 Å². The van der Waals surface area contributed by atoms with Crippen LogP contribution in [0.5, 0.6) is 0 Å². The highest BCUT2D eigenvalue weighted by Gasteiger charge is 2.28. The molecule has 0 atom stereocenters. The molecule has 2 aliphatic rings. The molecular weight excluding hydrogens is 302 g/mol. The van der Waals surface area contributed by atoms with Crippen LogP contribution in [0.1, 0.15) is 84.5 Å². The summed E-state index contributed by atoms with van der Waals surface area (Å²) in [6.45, 7) is 4.66. The van der Waals surface area contributed by atoms with Gasteiger partial charge in [-0.1, -0.05) is 33.1 Å². The van der Waals surface area contributed by atoms with Crippen molar-refractivity contribution < 1.29 is 14.3 Å². The minimum absolute atomic E-state index is 0.130. The lowest BCUT2D eigenvalue weighted by atomic mass is 9.80. The standard InChI is InChI=1S/C20H35NO3/c1-15(2)20(23)16-10-12-17(13-11-16)21-19(22)9-6-14-24-18-7-4-3-5-8-18/h15-18H,3-14H2,1-2H3,(H,21,22). The summed E-state index contributed by atoms with van der Waals surface area (Å²) in [5.74, 6) is 0.868. The SMILES string of the molecule is CC(C)C(=O)C1CCC(NC(=O)CCCOC2CCCCC2)CC1. The number of hydrogen-bond donors (Lipinski definition) is 1. The number of amides is 1. The molecule has 24 heavy (non-hydrogen) atoms. The fourth-order valence-electron chi connectivity index (χ4n) is 4.01. The third-order valence-corrected chi connectivity index (χ3v) is 5.52. The highest BCUT2D eigenvalue weighted by Crippen LogP contribution is 2.27. The number of ether oxygens (including phenoxy) is 1. The Morgan fingerprint density at radius 3 is 2.29 bits per heavy atom. The number of ketones is 1. The van der Waals surface area contributed by atoms with Gasteiger partial charge in [0.1, 0.15) is 5.78 Å². The molecule has 4 heteroatoms. The van der Waals surface area contributed by atoms with E-state index in [-0.39, 0.29) is 23.8 Å². The van der Waals surface area contributed by atoms with Gasteiger partial charge < -0.3 is 10.1 Å². The molecule has 2 rings (SSSR count). The van der Waals surface area contributed by atoms with Crippen molar-refractivity contribution in [3.63, 3.8) is 0 Å². The molecule has 0 aromatic heterocycles. The Kier molecular flexibility index (Phi) is 8.23. The lowest BCUT2D eigenvalue weighted by Crippen LogP contribution is -2.39. The van der Waals surface area contributed by atoms with Crippen molar-refractivity contribution in [3.05, 3.63) is 0 Å². The second-order valence-corrected chi connectivity index (χ2v) is 7.91. The molecule has 1 N–H and O–H groups in total. The van der Waals surface area contributed by atoms with Gasteiger partial charge in [0.2, 0.25) is 5.91 Å². The molecule has 2 saturated carbocycles. The molecule has 2 aliphatic carbocycles. The predicted molar refractivity (Wildman–Crippen MR) is 95.8 cm³/mol. The van der Waals surface area contributed by atoms with Crippen LogP contribution < -0.4 is 5.32 Å². The van der Waals surface area contributed by atoms with Gasteiger partial charge in [0.05, 0.1) is 6.10 Å². The maximum atomic E-state index is 12.1. The average Bonchev–Trinajstić information content (AvgIpc) is 2.59. The van der Waals surface area contributed by atoms with Crippen molar-refractivity contribution in [2.75, 3.05) is 6.61 Å². The van der Waals surface area contributed by atoms with E-state index >= 15 is 0 Å². The third kappa shape index (κ3) is 6.54. The zero-order valence-electron chi connectivity index (χ0n) is 15.5. The highest BCUT2D eigenvalue weighted by molar-refractivity contribution is 5.83. The van der Waals surface area contributed by atoms with Crippen LogP contribution in [0, 0.1) is 11.8 Å². The van der Waals surface area contributed by atoms with E-state index in [9.17, 15) is 9.59 Å². The molecule has 0 bridgehead atoms. The molecule has 0 aliphatic heterocycles. The largest absolute Gasteiger partial charge is 0.378 e. The first kappa shape index (κ1) is 19.4. The Balaban J connectivity index is 1.54. The molecule has 0 spiro atoms. The number of rotatable bonds is 8. The van der Waals surface area contributed by atoms with Gasteiger partial charge in [-0.25, -0.2) is 0 Å². The van der Waals surface area contributed by atoms with E-state index in [0.717, 1.165) is 32.1 Å². The minimum Gasteiger partial charge on any atom is -0.378 e. The summed E-state index contributed by atoms with van der Waals surface area (Å²) in [7, 11) is 0. The van der Waals surface area contributed by atoms with Gasteiger partial charge in [0.25, 0.3) is 0 Å². The van der Waals surface area contributed by atoms with Gasteiger partial charge in [-0.3, -0.25) is 9.59 Å². The first-order valence-electron chi connectivity index (χ1n) is 10.0. The Bertz CT molecular complexity index is 394. The van der Waals surface area contributed by atoms with E-state index < -0.39 is 0 Å². The molecule has 0 saturated heterocycles. The average molecular weight is 338 g/mol. The van der Waals surface area contributed by atoms with Gasteiger partial charge in [0, 0.05) is 30.9 Å². The molecule has 0 aromatic carbocycles. The Hall–Kier alpha value is -0.900. The molecule has 4 nitrogen and oxygen atoms in total. The second-order valence-electron chi connectivity index (χ2n) is 7.91. The molecule has 0 aromatic rings. The summed E-state index contributed by atoms with van der Waals surface area (Å²) in [5, 5.41) is 3.14. The van der Waals surface area contributed by atoms with E-state index in [1.54, 1.807) is 0 Å². The van der Waals surface area contributed by atoms with Crippen LogP contribution in [0.4, 0.5) is 0 Å². The molecule has 138 valence electrons. The van der Waals surface area contributed by atoms with Crippen molar-refractivity contribution in [3.8, 4) is 0 Å². The normalized spacial score (nSPS) is 25.6. The first-order valence-corrected chi connectivity index (χ1v) is 10.0. The third-order valence-electron chi connectivity index (χ3n) is 5.52. The minimum atomic E-state index is 0.130. The molecule has 0 heterocycles. The Morgan fingerprint density at radius 1 is 1.00 bits per heavy atom. The molecule has 0 unspecified atom stereocenters. The first-order chi connectivity index (χ1) is 11.6. The van der Waals surface area contributed by atoms with Crippen LogP contribution in [0.25, 0.3) is 0 Å². The Labute approximate surface area is 147 Å². The lowest BCUT2D eigenvalue weighted by molar-refractivity contribution is -0.127. The van der Waals surface area contributed by atoms with E-state index in [1.807, 2.05) is 13.8 Å². The van der Waals surface area contributed by atoms with Crippen molar-refractivity contribution in [2.45, 2.75) is 96.6 Å². The molecular formula is C20H35NO3. The van der Waals surface area contributed by atoms with Crippen LogP contribution in [-0.2, 0) is 14.3 Å². The van der Waals surface area contributed by atoms with E-state index in [2.05, 4.69) is 5.32 Å².